The fourth-order valence-corrected chi connectivity index (χ4v) is 3.16. The molecule has 3 aromatic rings. The van der Waals surface area contributed by atoms with Crippen LogP contribution in [0, 0.1) is 6.92 Å². The summed E-state index contributed by atoms with van der Waals surface area (Å²) in [5, 5.41) is 5.81. The van der Waals surface area contributed by atoms with Crippen LogP contribution >= 0.6 is 11.3 Å². The summed E-state index contributed by atoms with van der Waals surface area (Å²) < 4.78 is 5.77. The number of hydrogen-bond donors (Lipinski definition) is 1. The van der Waals surface area contributed by atoms with Crippen molar-refractivity contribution in [1.82, 2.24) is 10.3 Å². The van der Waals surface area contributed by atoms with E-state index in [4.69, 9.17) is 4.42 Å². The number of para-hydroxylation sites is 1. The van der Waals surface area contributed by atoms with Gasteiger partial charge in [0.2, 0.25) is 0 Å². The number of nitrogens with zero attached hydrogens (tertiary/aromatic N) is 1. The van der Waals surface area contributed by atoms with E-state index in [2.05, 4.69) is 29.4 Å². The van der Waals surface area contributed by atoms with Crippen LogP contribution in [0.2, 0.25) is 0 Å². The zero-order valence-corrected chi connectivity index (χ0v) is 12.6. The van der Waals surface area contributed by atoms with Crippen LogP contribution in [0.15, 0.2) is 34.9 Å². The van der Waals surface area contributed by atoms with Crippen molar-refractivity contribution in [2.75, 3.05) is 0 Å². The van der Waals surface area contributed by atoms with Crippen LogP contribution in [-0.4, -0.2) is 4.98 Å². The Hall–Kier alpha value is -1.65. The molecule has 4 heteroatoms. The number of benzene rings is 1. The molecule has 0 amide bonds. The molecule has 0 atom stereocenters. The van der Waals surface area contributed by atoms with Crippen molar-refractivity contribution in [3.05, 3.63) is 51.7 Å². The quantitative estimate of drug-likeness (QED) is 0.769. The summed E-state index contributed by atoms with van der Waals surface area (Å²) in [6, 6.07) is 8.18. The lowest BCUT2D eigenvalue weighted by Crippen LogP contribution is -2.12. The van der Waals surface area contributed by atoms with Crippen LogP contribution in [0.25, 0.3) is 11.0 Å². The van der Waals surface area contributed by atoms with E-state index in [1.165, 1.54) is 15.8 Å². The Morgan fingerprint density at radius 3 is 2.90 bits per heavy atom. The minimum absolute atomic E-state index is 0.809. The molecule has 1 N–H and O–H groups in total. The highest BCUT2D eigenvalue weighted by atomic mass is 32.1. The Kier molecular flexibility index (Phi) is 3.85. The van der Waals surface area contributed by atoms with Crippen molar-refractivity contribution < 1.29 is 4.42 Å². The molecule has 104 valence electrons. The molecule has 0 fully saturated rings. The maximum Gasteiger partial charge on any atom is 0.134 e. The standard InChI is InChI=1S/C16H18N2OS/c1-3-12-8-18-16(20-12)10-17-9-14-11(2)19-15-7-5-4-6-13(14)15/h4-8,17H,3,9-10H2,1-2H3. The van der Waals surface area contributed by atoms with Crippen molar-refractivity contribution in [3.8, 4) is 0 Å². The zero-order chi connectivity index (χ0) is 13.9. The molecular formula is C16H18N2OS. The third kappa shape index (κ3) is 2.62. The number of thiazole rings is 1. The van der Waals surface area contributed by atoms with Crippen molar-refractivity contribution >= 4 is 22.3 Å². The van der Waals surface area contributed by atoms with Gasteiger partial charge in [-0.3, -0.25) is 0 Å². The molecule has 0 aliphatic heterocycles. The minimum Gasteiger partial charge on any atom is -0.461 e. The summed E-state index contributed by atoms with van der Waals surface area (Å²) in [7, 11) is 0. The molecular weight excluding hydrogens is 268 g/mol. The highest BCUT2D eigenvalue weighted by Crippen LogP contribution is 2.25. The number of fused-ring (bicyclic) bond motifs is 1. The van der Waals surface area contributed by atoms with Crippen LogP contribution in [0.5, 0.6) is 0 Å². The number of aromatic nitrogens is 1. The molecule has 0 saturated heterocycles. The predicted octanol–water partition coefficient (Wildman–Crippen LogP) is 4.05. The Morgan fingerprint density at radius 2 is 2.10 bits per heavy atom. The highest BCUT2D eigenvalue weighted by molar-refractivity contribution is 7.11. The molecule has 0 radical (unpaired) electrons. The van der Waals surface area contributed by atoms with Gasteiger partial charge in [-0.05, 0) is 19.4 Å². The molecule has 0 unspecified atom stereocenters. The summed E-state index contributed by atoms with van der Waals surface area (Å²) in [5.41, 5.74) is 2.21. The SMILES string of the molecule is CCc1cnc(CNCc2c(C)oc3ccccc23)s1. The molecule has 20 heavy (non-hydrogen) atoms. The largest absolute Gasteiger partial charge is 0.461 e. The number of aryl methyl sites for hydroxylation is 2. The summed E-state index contributed by atoms with van der Waals surface area (Å²) in [5.74, 6) is 0.993. The van der Waals surface area contributed by atoms with Gasteiger partial charge in [-0.25, -0.2) is 4.98 Å². The van der Waals surface area contributed by atoms with E-state index in [1.807, 2.05) is 25.3 Å². The van der Waals surface area contributed by atoms with Gasteiger partial charge in [0.05, 0.1) is 0 Å². The van der Waals surface area contributed by atoms with Gasteiger partial charge in [-0.2, -0.15) is 0 Å². The van der Waals surface area contributed by atoms with Crippen molar-refractivity contribution in [2.24, 2.45) is 0 Å². The maximum atomic E-state index is 5.77. The second kappa shape index (κ2) is 5.77. The van der Waals surface area contributed by atoms with Crippen LogP contribution in [-0.2, 0) is 19.5 Å². The Bertz CT molecular complexity index is 714. The number of hydrogen-bond acceptors (Lipinski definition) is 4. The van der Waals surface area contributed by atoms with Gasteiger partial charge < -0.3 is 9.73 Å². The summed E-state index contributed by atoms with van der Waals surface area (Å²) in [6.45, 7) is 5.80. The third-order valence-corrected chi connectivity index (χ3v) is 4.57. The maximum absolute atomic E-state index is 5.77. The predicted molar refractivity (Wildman–Crippen MR) is 83.0 cm³/mol. The number of nitrogens with one attached hydrogen (secondary N) is 1. The van der Waals surface area contributed by atoms with Gasteiger partial charge in [0.15, 0.2) is 0 Å². The Morgan fingerprint density at radius 1 is 1.25 bits per heavy atom. The first-order valence-electron chi connectivity index (χ1n) is 6.89. The minimum atomic E-state index is 0.809. The molecule has 0 bridgehead atoms. The summed E-state index contributed by atoms with van der Waals surface area (Å²) >= 11 is 1.78. The number of rotatable bonds is 5. The van der Waals surface area contributed by atoms with Gasteiger partial charge in [-0.1, -0.05) is 25.1 Å². The van der Waals surface area contributed by atoms with E-state index in [0.717, 1.165) is 35.9 Å². The molecule has 0 saturated carbocycles. The van der Waals surface area contributed by atoms with Crippen LogP contribution in [0.4, 0.5) is 0 Å². The van der Waals surface area contributed by atoms with E-state index in [1.54, 1.807) is 11.3 Å². The fraction of sp³-hybridized carbons (Fsp3) is 0.312. The van der Waals surface area contributed by atoms with E-state index < -0.39 is 0 Å². The number of furan rings is 1. The van der Waals surface area contributed by atoms with E-state index >= 15 is 0 Å². The van der Waals surface area contributed by atoms with Crippen molar-refractivity contribution in [1.29, 1.82) is 0 Å². The van der Waals surface area contributed by atoms with Crippen molar-refractivity contribution in [3.63, 3.8) is 0 Å². The van der Waals surface area contributed by atoms with Crippen molar-refractivity contribution in [2.45, 2.75) is 33.4 Å². The van der Waals surface area contributed by atoms with Crippen LogP contribution in [0.1, 0.15) is 28.1 Å². The molecule has 2 aromatic heterocycles. The fourth-order valence-electron chi connectivity index (χ4n) is 2.33. The zero-order valence-electron chi connectivity index (χ0n) is 11.8. The first kappa shape index (κ1) is 13.3. The molecule has 3 nitrogen and oxygen atoms in total. The lowest BCUT2D eigenvalue weighted by Gasteiger charge is -2.02. The Labute approximate surface area is 122 Å². The average Bonchev–Trinajstić information content (AvgIpc) is 3.04. The molecule has 2 heterocycles. The first-order chi connectivity index (χ1) is 9.78. The topological polar surface area (TPSA) is 38.1 Å². The van der Waals surface area contributed by atoms with E-state index in [0.29, 0.717) is 0 Å². The second-order valence-electron chi connectivity index (χ2n) is 4.81. The lowest BCUT2D eigenvalue weighted by atomic mass is 10.1. The summed E-state index contributed by atoms with van der Waals surface area (Å²) in [4.78, 5) is 5.76. The van der Waals surface area contributed by atoms with Crippen LogP contribution < -0.4 is 5.32 Å². The third-order valence-electron chi connectivity index (χ3n) is 3.43. The van der Waals surface area contributed by atoms with Gasteiger partial charge in [0.1, 0.15) is 16.4 Å². The molecule has 1 aromatic carbocycles. The molecule has 0 spiro atoms. The second-order valence-corrected chi connectivity index (χ2v) is 6.01. The molecule has 0 aliphatic rings. The monoisotopic (exact) mass is 286 g/mol. The van der Waals surface area contributed by atoms with Gasteiger partial charge in [0.25, 0.3) is 0 Å². The highest BCUT2D eigenvalue weighted by Gasteiger charge is 2.10. The van der Waals surface area contributed by atoms with Gasteiger partial charge in [-0.15, -0.1) is 11.3 Å². The Balaban J connectivity index is 1.69. The average molecular weight is 286 g/mol. The first-order valence-corrected chi connectivity index (χ1v) is 7.71. The van der Waals surface area contributed by atoms with Gasteiger partial charge in [0, 0.05) is 35.1 Å². The molecule has 0 aliphatic carbocycles. The van der Waals surface area contributed by atoms with Crippen LogP contribution in [0.3, 0.4) is 0 Å². The van der Waals surface area contributed by atoms with Gasteiger partial charge >= 0.3 is 0 Å². The molecule has 3 rings (SSSR count). The smallest absolute Gasteiger partial charge is 0.134 e. The lowest BCUT2D eigenvalue weighted by molar-refractivity contribution is 0.565. The normalized spacial score (nSPS) is 11.3. The van der Waals surface area contributed by atoms with E-state index in [9.17, 15) is 0 Å². The summed E-state index contributed by atoms with van der Waals surface area (Å²) in [6.07, 6.45) is 3.03. The van der Waals surface area contributed by atoms with E-state index in [-0.39, 0.29) is 0 Å².